The molecule has 0 unspecified atom stereocenters. The van der Waals surface area contributed by atoms with Gasteiger partial charge in [0.05, 0.1) is 25.8 Å². The van der Waals surface area contributed by atoms with Crippen molar-refractivity contribution < 1.29 is 14.3 Å². The summed E-state index contributed by atoms with van der Waals surface area (Å²) in [7, 11) is 1.64. The zero-order chi connectivity index (χ0) is 26.2. The molecule has 1 aliphatic heterocycles. The van der Waals surface area contributed by atoms with E-state index in [1.807, 2.05) is 85.5 Å². The molecule has 2 amide bonds. The van der Waals surface area contributed by atoms with Crippen molar-refractivity contribution in [2.75, 3.05) is 44.7 Å². The number of carbonyl (C=O) groups excluding carboxylic acids is 2. The van der Waals surface area contributed by atoms with Crippen LogP contribution in [0.15, 0.2) is 66.7 Å². The van der Waals surface area contributed by atoms with Crippen molar-refractivity contribution in [3.05, 3.63) is 72.3 Å². The summed E-state index contributed by atoms with van der Waals surface area (Å²) < 4.78 is 5.30. The molecule has 2 aromatic carbocycles. The zero-order valence-electron chi connectivity index (χ0n) is 21.8. The average Bonchev–Trinajstić information content (AvgIpc) is 3.18. The standard InChI is InChI=1S/C29H35N5O3/c1-22(2)34(28(35)19-23-9-5-4-6-10-23)21-29(36)33-16-8-15-32(17-18-33)27-14-13-26(30-31-27)24-11-7-12-25(20-24)37-3/h4-7,9-14,20,22H,8,15-19,21H2,1-3H3. The van der Waals surface area contributed by atoms with Crippen LogP contribution in [0.25, 0.3) is 11.3 Å². The van der Waals surface area contributed by atoms with Gasteiger partial charge in [-0.15, -0.1) is 10.2 Å². The summed E-state index contributed by atoms with van der Waals surface area (Å²) >= 11 is 0. The number of anilines is 1. The quantitative estimate of drug-likeness (QED) is 0.469. The Balaban J connectivity index is 1.35. The lowest BCUT2D eigenvalue weighted by Crippen LogP contribution is -2.47. The lowest BCUT2D eigenvalue weighted by atomic mass is 10.1. The fourth-order valence-electron chi connectivity index (χ4n) is 4.50. The van der Waals surface area contributed by atoms with E-state index in [9.17, 15) is 9.59 Å². The van der Waals surface area contributed by atoms with Gasteiger partial charge in [0.1, 0.15) is 5.75 Å². The second kappa shape index (κ2) is 12.3. The number of nitrogens with zero attached hydrogens (tertiary/aromatic N) is 5. The van der Waals surface area contributed by atoms with Crippen LogP contribution < -0.4 is 9.64 Å². The molecule has 1 aromatic heterocycles. The Morgan fingerprint density at radius 3 is 2.46 bits per heavy atom. The molecule has 8 nitrogen and oxygen atoms in total. The predicted octanol–water partition coefficient (Wildman–Crippen LogP) is 3.67. The predicted molar refractivity (Wildman–Crippen MR) is 144 cm³/mol. The van der Waals surface area contributed by atoms with Crippen LogP contribution in [0.2, 0.25) is 0 Å². The monoisotopic (exact) mass is 501 g/mol. The minimum absolute atomic E-state index is 0.0172. The van der Waals surface area contributed by atoms with Gasteiger partial charge in [-0.3, -0.25) is 9.59 Å². The highest BCUT2D eigenvalue weighted by molar-refractivity contribution is 5.86. The van der Waals surface area contributed by atoms with E-state index in [0.29, 0.717) is 26.1 Å². The molecule has 0 bridgehead atoms. The molecule has 0 saturated carbocycles. The lowest BCUT2D eigenvalue weighted by molar-refractivity contribution is -0.141. The fraction of sp³-hybridized carbons (Fsp3) is 0.379. The molecule has 0 radical (unpaired) electrons. The smallest absolute Gasteiger partial charge is 0.242 e. The first-order chi connectivity index (χ1) is 17.9. The number of rotatable bonds is 8. The summed E-state index contributed by atoms with van der Waals surface area (Å²) in [5, 5.41) is 8.88. The summed E-state index contributed by atoms with van der Waals surface area (Å²) in [4.78, 5) is 31.9. The summed E-state index contributed by atoms with van der Waals surface area (Å²) in [5.74, 6) is 1.52. The van der Waals surface area contributed by atoms with Gasteiger partial charge in [-0.25, -0.2) is 0 Å². The molecule has 8 heteroatoms. The highest BCUT2D eigenvalue weighted by Gasteiger charge is 2.25. The van der Waals surface area contributed by atoms with Crippen LogP contribution >= 0.6 is 0 Å². The van der Waals surface area contributed by atoms with Gasteiger partial charge in [0, 0.05) is 37.8 Å². The fourth-order valence-corrected chi connectivity index (χ4v) is 4.50. The van der Waals surface area contributed by atoms with Gasteiger partial charge in [-0.05, 0) is 50.1 Å². The van der Waals surface area contributed by atoms with Crippen molar-refractivity contribution >= 4 is 17.6 Å². The number of carbonyl (C=O) groups is 2. The van der Waals surface area contributed by atoms with Gasteiger partial charge in [0.15, 0.2) is 5.82 Å². The number of hydrogen-bond donors (Lipinski definition) is 0. The van der Waals surface area contributed by atoms with Crippen molar-refractivity contribution in [3.8, 4) is 17.0 Å². The molecule has 1 fully saturated rings. The first-order valence-electron chi connectivity index (χ1n) is 12.8. The first-order valence-corrected chi connectivity index (χ1v) is 12.8. The Morgan fingerprint density at radius 2 is 1.76 bits per heavy atom. The van der Waals surface area contributed by atoms with Crippen LogP contribution in [0.4, 0.5) is 5.82 Å². The van der Waals surface area contributed by atoms with Crippen LogP contribution in [-0.4, -0.2) is 77.7 Å². The normalized spacial score (nSPS) is 13.8. The topological polar surface area (TPSA) is 78.9 Å². The Bertz CT molecular complexity index is 1180. The van der Waals surface area contributed by atoms with Crippen molar-refractivity contribution in [1.82, 2.24) is 20.0 Å². The summed E-state index contributed by atoms with van der Waals surface area (Å²) in [6.07, 6.45) is 1.12. The molecule has 3 aromatic rings. The zero-order valence-corrected chi connectivity index (χ0v) is 21.8. The van der Waals surface area contributed by atoms with Gasteiger partial charge in [-0.2, -0.15) is 0 Å². The molecule has 1 aliphatic rings. The molecule has 0 atom stereocenters. The summed E-state index contributed by atoms with van der Waals surface area (Å²) in [6, 6.07) is 21.3. The van der Waals surface area contributed by atoms with Crippen molar-refractivity contribution in [3.63, 3.8) is 0 Å². The number of benzene rings is 2. The Hall–Kier alpha value is -3.94. The number of methoxy groups -OCH3 is 1. The maximum atomic E-state index is 13.2. The Morgan fingerprint density at radius 1 is 0.946 bits per heavy atom. The third-order valence-corrected chi connectivity index (χ3v) is 6.64. The molecule has 1 saturated heterocycles. The number of aromatic nitrogens is 2. The second-order valence-corrected chi connectivity index (χ2v) is 9.51. The van der Waals surface area contributed by atoms with Gasteiger partial charge >= 0.3 is 0 Å². The Kier molecular flexibility index (Phi) is 8.72. The van der Waals surface area contributed by atoms with E-state index in [2.05, 4.69) is 15.1 Å². The van der Waals surface area contributed by atoms with Crippen LogP contribution in [0.1, 0.15) is 25.8 Å². The highest BCUT2D eigenvalue weighted by atomic mass is 16.5. The third-order valence-electron chi connectivity index (χ3n) is 6.64. The van der Waals surface area contributed by atoms with Crippen LogP contribution in [0, 0.1) is 0 Å². The number of hydrogen-bond acceptors (Lipinski definition) is 6. The largest absolute Gasteiger partial charge is 0.497 e. The van der Waals surface area contributed by atoms with Crippen molar-refractivity contribution in [2.45, 2.75) is 32.7 Å². The Labute approximate surface area is 218 Å². The van der Waals surface area contributed by atoms with E-state index in [1.165, 1.54) is 0 Å². The number of amides is 2. The van der Waals surface area contributed by atoms with E-state index in [4.69, 9.17) is 4.74 Å². The molecular formula is C29H35N5O3. The summed E-state index contributed by atoms with van der Waals surface area (Å²) in [5.41, 5.74) is 2.68. The van der Waals surface area contributed by atoms with Crippen molar-refractivity contribution in [1.29, 1.82) is 0 Å². The van der Waals surface area contributed by atoms with E-state index < -0.39 is 0 Å². The maximum absolute atomic E-state index is 13.2. The van der Waals surface area contributed by atoms with Gasteiger partial charge in [-0.1, -0.05) is 42.5 Å². The highest BCUT2D eigenvalue weighted by Crippen LogP contribution is 2.23. The van der Waals surface area contributed by atoms with Crippen LogP contribution in [-0.2, 0) is 16.0 Å². The number of ether oxygens (including phenoxy) is 1. The SMILES string of the molecule is COc1cccc(-c2ccc(N3CCCN(C(=O)CN(C(=O)Cc4ccccc4)C(C)C)CC3)nn2)c1. The summed E-state index contributed by atoms with van der Waals surface area (Å²) in [6.45, 7) is 6.69. The van der Waals surface area contributed by atoms with E-state index in [-0.39, 0.29) is 24.4 Å². The van der Waals surface area contributed by atoms with Crippen molar-refractivity contribution in [2.24, 2.45) is 0 Å². The molecule has 0 aliphatic carbocycles. The first kappa shape index (κ1) is 26.1. The molecule has 2 heterocycles. The molecule has 37 heavy (non-hydrogen) atoms. The van der Waals surface area contributed by atoms with Gasteiger partial charge in [0.25, 0.3) is 0 Å². The minimum Gasteiger partial charge on any atom is -0.497 e. The average molecular weight is 502 g/mol. The van der Waals surface area contributed by atoms with Crippen LogP contribution in [0.3, 0.4) is 0 Å². The second-order valence-electron chi connectivity index (χ2n) is 9.51. The van der Waals surface area contributed by atoms with E-state index in [0.717, 1.165) is 41.4 Å². The van der Waals surface area contributed by atoms with E-state index >= 15 is 0 Å². The molecule has 0 spiro atoms. The maximum Gasteiger partial charge on any atom is 0.242 e. The third kappa shape index (κ3) is 6.84. The van der Waals surface area contributed by atoms with Gasteiger partial charge < -0.3 is 19.4 Å². The van der Waals surface area contributed by atoms with E-state index in [1.54, 1.807) is 12.0 Å². The minimum atomic E-state index is -0.0537. The molecule has 4 rings (SSSR count). The molecule has 0 N–H and O–H groups in total. The molecule has 194 valence electrons. The molecular weight excluding hydrogens is 466 g/mol. The lowest BCUT2D eigenvalue weighted by Gasteiger charge is -2.29. The van der Waals surface area contributed by atoms with Gasteiger partial charge in [0.2, 0.25) is 11.8 Å². The van der Waals surface area contributed by atoms with Crippen LogP contribution in [0.5, 0.6) is 5.75 Å².